The molecule has 0 bridgehead atoms. The van der Waals surface area contributed by atoms with Gasteiger partial charge >= 0.3 is 6.18 Å². The van der Waals surface area contributed by atoms with E-state index in [2.05, 4.69) is 5.32 Å². The van der Waals surface area contributed by atoms with Crippen LogP contribution in [0.2, 0.25) is 5.02 Å². The molecule has 11 heteroatoms. The molecule has 2 aromatic rings. The molecule has 140 valence electrons. The van der Waals surface area contributed by atoms with Gasteiger partial charge in [0.1, 0.15) is 10.7 Å². The molecule has 0 aliphatic heterocycles. The van der Waals surface area contributed by atoms with E-state index >= 15 is 0 Å². The molecule has 26 heavy (non-hydrogen) atoms. The standard InChI is InChI=1S/C15H11ClF4N2O3S/c1-8(23)21-10-3-4-13(11(7-10)15(18,19)20)22-26(24,25)14-5-2-9(17)6-12(14)16/h2-7,22H,1H3,(H,21,23). The molecule has 0 unspecified atom stereocenters. The van der Waals surface area contributed by atoms with Gasteiger partial charge in [-0.15, -0.1) is 0 Å². The van der Waals surface area contributed by atoms with Crippen LogP contribution in [-0.2, 0) is 21.0 Å². The van der Waals surface area contributed by atoms with E-state index in [9.17, 15) is 30.8 Å². The summed E-state index contributed by atoms with van der Waals surface area (Å²) in [4.78, 5) is 10.4. The summed E-state index contributed by atoms with van der Waals surface area (Å²) in [5.74, 6) is -1.39. The zero-order valence-corrected chi connectivity index (χ0v) is 14.6. The maximum absolute atomic E-state index is 13.3. The van der Waals surface area contributed by atoms with Crippen LogP contribution in [0.5, 0.6) is 0 Å². The van der Waals surface area contributed by atoms with Crippen molar-refractivity contribution in [2.75, 3.05) is 10.0 Å². The Morgan fingerprint density at radius 3 is 2.31 bits per heavy atom. The van der Waals surface area contributed by atoms with Gasteiger partial charge in [-0.25, -0.2) is 12.8 Å². The van der Waals surface area contributed by atoms with Crippen molar-refractivity contribution in [1.29, 1.82) is 0 Å². The minimum atomic E-state index is -4.90. The number of sulfonamides is 1. The number of rotatable bonds is 4. The van der Waals surface area contributed by atoms with Crippen LogP contribution in [0.15, 0.2) is 41.3 Å². The number of amides is 1. The van der Waals surface area contributed by atoms with Gasteiger partial charge in [0.25, 0.3) is 10.0 Å². The lowest BCUT2D eigenvalue weighted by Gasteiger charge is -2.17. The number of carbonyl (C=O) groups is 1. The largest absolute Gasteiger partial charge is 0.418 e. The molecule has 0 fully saturated rings. The Morgan fingerprint density at radius 2 is 1.77 bits per heavy atom. The fourth-order valence-corrected chi connectivity index (χ4v) is 3.65. The lowest BCUT2D eigenvalue weighted by molar-refractivity contribution is -0.136. The lowest BCUT2D eigenvalue weighted by atomic mass is 10.1. The molecule has 0 aliphatic carbocycles. The first-order valence-corrected chi connectivity index (χ1v) is 8.73. The van der Waals surface area contributed by atoms with Crippen molar-refractivity contribution in [1.82, 2.24) is 0 Å². The van der Waals surface area contributed by atoms with Crippen LogP contribution in [0, 0.1) is 5.82 Å². The highest BCUT2D eigenvalue weighted by atomic mass is 35.5. The van der Waals surface area contributed by atoms with Gasteiger partial charge in [0, 0.05) is 12.6 Å². The fourth-order valence-electron chi connectivity index (χ4n) is 2.04. The monoisotopic (exact) mass is 410 g/mol. The summed E-state index contributed by atoms with van der Waals surface area (Å²) < 4.78 is 79.2. The summed E-state index contributed by atoms with van der Waals surface area (Å²) in [7, 11) is -4.52. The van der Waals surface area contributed by atoms with Crippen molar-refractivity contribution in [3.63, 3.8) is 0 Å². The van der Waals surface area contributed by atoms with E-state index in [4.69, 9.17) is 11.6 Å². The van der Waals surface area contributed by atoms with Crippen LogP contribution < -0.4 is 10.0 Å². The number of halogens is 5. The second kappa shape index (κ2) is 7.12. The topological polar surface area (TPSA) is 75.3 Å². The van der Waals surface area contributed by atoms with Gasteiger partial charge in [-0.2, -0.15) is 13.2 Å². The zero-order chi connectivity index (χ0) is 19.7. The lowest BCUT2D eigenvalue weighted by Crippen LogP contribution is -2.18. The Bertz CT molecular complexity index is 962. The van der Waals surface area contributed by atoms with Crippen LogP contribution in [-0.4, -0.2) is 14.3 Å². The van der Waals surface area contributed by atoms with E-state index in [0.29, 0.717) is 6.07 Å². The smallest absolute Gasteiger partial charge is 0.326 e. The van der Waals surface area contributed by atoms with Crippen LogP contribution in [0.4, 0.5) is 28.9 Å². The van der Waals surface area contributed by atoms with Gasteiger partial charge in [0.15, 0.2) is 0 Å². The highest BCUT2D eigenvalue weighted by Crippen LogP contribution is 2.38. The van der Waals surface area contributed by atoms with Gasteiger partial charge in [-0.3, -0.25) is 9.52 Å². The van der Waals surface area contributed by atoms with Gasteiger partial charge in [0.2, 0.25) is 5.91 Å². The summed E-state index contributed by atoms with van der Waals surface area (Å²) in [6, 6.07) is 4.90. The molecule has 0 heterocycles. The third kappa shape index (κ3) is 4.64. The third-order valence-corrected chi connectivity index (χ3v) is 4.92. The Hall–Kier alpha value is -2.33. The van der Waals surface area contributed by atoms with Crippen LogP contribution in [0.3, 0.4) is 0 Å². The van der Waals surface area contributed by atoms with Crippen molar-refractivity contribution in [2.24, 2.45) is 0 Å². The number of benzene rings is 2. The maximum atomic E-state index is 13.3. The van der Waals surface area contributed by atoms with Crippen LogP contribution in [0.25, 0.3) is 0 Å². The molecule has 0 radical (unpaired) electrons. The molecule has 0 aromatic heterocycles. The Morgan fingerprint density at radius 1 is 1.12 bits per heavy atom. The first-order valence-electron chi connectivity index (χ1n) is 6.87. The minimum absolute atomic E-state index is 0.160. The number of hydrogen-bond donors (Lipinski definition) is 2. The number of hydrogen-bond acceptors (Lipinski definition) is 3. The Labute approximate surface area is 151 Å². The third-order valence-electron chi connectivity index (χ3n) is 3.07. The molecule has 1 amide bonds. The summed E-state index contributed by atoms with van der Waals surface area (Å²) in [6.07, 6.45) is -4.90. The van der Waals surface area contributed by atoms with Gasteiger partial charge in [-0.05, 0) is 36.4 Å². The molecule has 0 aliphatic rings. The van der Waals surface area contributed by atoms with Crippen molar-refractivity contribution >= 4 is 38.9 Å². The second-order valence-electron chi connectivity index (χ2n) is 5.12. The van der Waals surface area contributed by atoms with E-state index < -0.39 is 49.1 Å². The molecule has 0 saturated carbocycles. The van der Waals surface area contributed by atoms with Crippen molar-refractivity contribution in [2.45, 2.75) is 18.0 Å². The van der Waals surface area contributed by atoms with E-state index in [0.717, 1.165) is 37.3 Å². The molecule has 2 N–H and O–H groups in total. The van der Waals surface area contributed by atoms with E-state index in [1.807, 2.05) is 0 Å². The Kier molecular flexibility index (Phi) is 5.47. The number of anilines is 2. The van der Waals surface area contributed by atoms with Gasteiger partial charge in [-0.1, -0.05) is 11.6 Å². The van der Waals surface area contributed by atoms with Crippen molar-refractivity contribution < 1.29 is 30.8 Å². The second-order valence-corrected chi connectivity index (χ2v) is 7.18. The number of alkyl halides is 3. The highest BCUT2D eigenvalue weighted by molar-refractivity contribution is 7.92. The molecule has 2 aromatic carbocycles. The molecule has 0 saturated heterocycles. The predicted octanol–water partition coefficient (Wildman–Crippen LogP) is 4.26. The predicted molar refractivity (Wildman–Crippen MR) is 88.0 cm³/mol. The van der Waals surface area contributed by atoms with E-state index in [-0.39, 0.29) is 5.69 Å². The fraction of sp³-hybridized carbons (Fsp3) is 0.133. The summed E-state index contributed by atoms with van der Waals surface area (Å²) >= 11 is 5.66. The molecular weight excluding hydrogens is 400 g/mol. The first-order chi connectivity index (χ1) is 11.9. The van der Waals surface area contributed by atoms with Crippen molar-refractivity contribution in [3.8, 4) is 0 Å². The SMILES string of the molecule is CC(=O)Nc1ccc(NS(=O)(=O)c2ccc(F)cc2Cl)c(C(F)(F)F)c1. The van der Waals surface area contributed by atoms with E-state index in [1.165, 1.54) is 0 Å². The van der Waals surface area contributed by atoms with Crippen LogP contribution in [0.1, 0.15) is 12.5 Å². The van der Waals surface area contributed by atoms with Gasteiger partial charge in [0.05, 0.1) is 16.3 Å². The molecule has 5 nitrogen and oxygen atoms in total. The summed E-state index contributed by atoms with van der Waals surface area (Å²) in [5.41, 5.74) is -2.25. The molecular formula is C15H11ClF4N2O3S. The van der Waals surface area contributed by atoms with Gasteiger partial charge < -0.3 is 5.32 Å². The highest BCUT2D eigenvalue weighted by Gasteiger charge is 2.35. The minimum Gasteiger partial charge on any atom is -0.326 e. The normalized spacial score (nSPS) is 11.9. The molecule has 2 rings (SSSR count). The number of nitrogens with one attached hydrogen (secondary N) is 2. The maximum Gasteiger partial charge on any atom is 0.418 e. The Balaban J connectivity index is 2.49. The average Bonchev–Trinajstić information content (AvgIpc) is 2.46. The summed E-state index contributed by atoms with van der Waals surface area (Å²) in [5, 5.41) is 1.69. The van der Waals surface area contributed by atoms with E-state index in [1.54, 1.807) is 4.72 Å². The number of carbonyl (C=O) groups excluding carboxylic acids is 1. The molecule has 0 spiro atoms. The molecule has 0 atom stereocenters. The summed E-state index contributed by atoms with van der Waals surface area (Å²) in [6.45, 7) is 1.11. The quantitative estimate of drug-likeness (QED) is 0.740. The van der Waals surface area contributed by atoms with Crippen molar-refractivity contribution in [3.05, 3.63) is 52.8 Å². The first kappa shape index (κ1) is 20.0. The van der Waals surface area contributed by atoms with Crippen LogP contribution >= 0.6 is 11.6 Å². The zero-order valence-electron chi connectivity index (χ0n) is 13.0. The average molecular weight is 411 g/mol.